The third-order valence-corrected chi connectivity index (χ3v) is 3.78. The van der Waals surface area contributed by atoms with Crippen LogP contribution >= 0.6 is 22.9 Å². The zero-order valence-electron chi connectivity index (χ0n) is 11.1. The van der Waals surface area contributed by atoms with E-state index in [1.165, 1.54) is 17.4 Å². The van der Waals surface area contributed by atoms with Gasteiger partial charge >= 0.3 is 0 Å². The normalized spacial score (nSPS) is 10.5. The molecule has 22 heavy (non-hydrogen) atoms. The maximum absolute atomic E-state index is 13.3. The summed E-state index contributed by atoms with van der Waals surface area (Å²) in [6.45, 7) is 0. The second kappa shape index (κ2) is 6.21. The van der Waals surface area contributed by atoms with Crippen molar-refractivity contribution in [2.45, 2.75) is 0 Å². The van der Waals surface area contributed by atoms with Gasteiger partial charge in [-0.05, 0) is 30.3 Å². The fourth-order valence-electron chi connectivity index (χ4n) is 1.83. The van der Waals surface area contributed by atoms with E-state index in [4.69, 9.17) is 11.6 Å². The first-order chi connectivity index (χ1) is 10.6. The molecule has 2 heterocycles. The van der Waals surface area contributed by atoms with Crippen molar-refractivity contribution in [3.63, 3.8) is 0 Å². The van der Waals surface area contributed by atoms with Gasteiger partial charge in [0.05, 0.1) is 5.69 Å². The fourth-order valence-corrected chi connectivity index (χ4v) is 2.77. The van der Waals surface area contributed by atoms with E-state index >= 15 is 0 Å². The lowest BCUT2D eigenvalue weighted by molar-refractivity contribution is 0.102. The summed E-state index contributed by atoms with van der Waals surface area (Å²) in [5.74, 6) is -1.03. The Hall–Kier alpha value is -2.31. The van der Waals surface area contributed by atoms with Crippen molar-refractivity contribution >= 4 is 34.0 Å². The Balaban J connectivity index is 1.79. The highest BCUT2D eigenvalue weighted by Gasteiger charge is 2.12. The molecule has 0 bridgehead atoms. The van der Waals surface area contributed by atoms with Gasteiger partial charge in [0.15, 0.2) is 5.13 Å². The highest BCUT2D eigenvalue weighted by atomic mass is 35.5. The SMILES string of the molecule is O=C(Nc1nc(-c2cccnc2)cs1)c1cc(F)cc(Cl)c1. The molecule has 0 unspecified atom stereocenters. The number of carbonyl (C=O) groups is 1. The lowest BCUT2D eigenvalue weighted by Crippen LogP contribution is -2.12. The van der Waals surface area contributed by atoms with E-state index in [9.17, 15) is 9.18 Å². The number of nitrogens with zero attached hydrogens (tertiary/aromatic N) is 2. The minimum Gasteiger partial charge on any atom is -0.298 e. The number of carbonyl (C=O) groups excluding carboxylic acids is 1. The number of hydrogen-bond donors (Lipinski definition) is 1. The Labute approximate surface area is 134 Å². The van der Waals surface area contributed by atoms with Crippen LogP contribution in [0.5, 0.6) is 0 Å². The molecule has 3 rings (SSSR count). The summed E-state index contributed by atoms with van der Waals surface area (Å²) in [6, 6.07) is 7.34. The summed E-state index contributed by atoms with van der Waals surface area (Å²) in [7, 11) is 0. The largest absolute Gasteiger partial charge is 0.298 e. The standard InChI is InChI=1S/C15H9ClFN3OS/c16-11-4-10(5-12(17)6-11)14(21)20-15-19-13(8-22-15)9-2-1-3-18-7-9/h1-8H,(H,19,20,21). The smallest absolute Gasteiger partial charge is 0.257 e. The van der Waals surface area contributed by atoms with Gasteiger partial charge in [-0.2, -0.15) is 0 Å². The van der Waals surface area contributed by atoms with Crippen molar-refractivity contribution in [3.8, 4) is 11.3 Å². The number of anilines is 1. The van der Waals surface area contributed by atoms with Crippen LogP contribution in [0, 0.1) is 5.82 Å². The number of pyridine rings is 1. The molecule has 0 atom stereocenters. The van der Waals surface area contributed by atoms with Crippen LogP contribution in [-0.4, -0.2) is 15.9 Å². The van der Waals surface area contributed by atoms with Crippen molar-refractivity contribution < 1.29 is 9.18 Å². The summed E-state index contributed by atoms with van der Waals surface area (Å²) in [6.07, 6.45) is 3.36. The zero-order valence-corrected chi connectivity index (χ0v) is 12.7. The molecule has 0 saturated heterocycles. The average Bonchev–Trinajstić information content (AvgIpc) is 2.95. The minimum atomic E-state index is -0.562. The van der Waals surface area contributed by atoms with Crippen molar-refractivity contribution in [2.75, 3.05) is 5.32 Å². The van der Waals surface area contributed by atoms with Gasteiger partial charge in [0.2, 0.25) is 0 Å². The van der Waals surface area contributed by atoms with Crippen molar-refractivity contribution in [1.29, 1.82) is 0 Å². The van der Waals surface area contributed by atoms with Crippen LogP contribution in [0.2, 0.25) is 5.02 Å². The molecule has 1 N–H and O–H groups in total. The molecule has 0 aliphatic carbocycles. The first-order valence-corrected chi connectivity index (χ1v) is 7.51. The third-order valence-electron chi connectivity index (χ3n) is 2.81. The molecule has 1 aromatic carbocycles. The Bertz CT molecular complexity index is 802. The van der Waals surface area contributed by atoms with Gasteiger partial charge < -0.3 is 0 Å². The van der Waals surface area contributed by atoms with Crippen molar-refractivity contribution in [3.05, 3.63) is 64.5 Å². The second-order valence-electron chi connectivity index (χ2n) is 4.39. The van der Waals surface area contributed by atoms with E-state index in [1.54, 1.807) is 12.4 Å². The maximum atomic E-state index is 13.3. The summed E-state index contributed by atoms with van der Waals surface area (Å²) < 4.78 is 13.3. The first-order valence-electron chi connectivity index (χ1n) is 6.25. The van der Waals surface area contributed by atoms with Crippen molar-refractivity contribution in [2.24, 2.45) is 0 Å². The Morgan fingerprint density at radius 1 is 1.32 bits per heavy atom. The van der Waals surface area contributed by atoms with Crippen LogP contribution in [0.3, 0.4) is 0 Å². The van der Waals surface area contributed by atoms with Gasteiger partial charge in [-0.3, -0.25) is 15.1 Å². The molecule has 3 aromatic rings. The summed E-state index contributed by atoms with van der Waals surface area (Å²) >= 11 is 7.02. The number of amides is 1. The average molecular weight is 334 g/mol. The van der Waals surface area contributed by atoms with Gasteiger partial charge in [0, 0.05) is 33.9 Å². The van der Waals surface area contributed by atoms with Crippen LogP contribution in [-0.2, 0) is 0 Å². The van der Waals surface area contributed by atoms with Crippen LogP contribution in [0.1, 0.15) is 10.4 Å². The topological polar surface area (TPSA) is 54.9 Å². The lowest BCUT2D eigenvalue weighted by atomic mass is 10.2. The van der Waals surface area contributed by atoms with Crippen molar-refractivity contribution in [1.82, 2.24) is 9.97 Å². The van der Waals surface area contributed by atoms with Crippen LogP contribution in [0.15, 0.2) is 48.1 Å². The van der Waals surface area contributed by atoms with Crippen LogP contribution < -0.4 is 5.32 Å². The lowest BCUT2D eigenvalue weighted by Gasteiger charge is -2.02. The van der Waals surface area contributed by atoms with E-state index in [0.29, 0.717) is 10.8 Å². The molecule has 2 aromatic heterocycles. The third kappa shape index (κ3) is 3.29. The Kier molecular flexibility index (Phi) is 4.13. The number of nitrogens with one attached hydrogen (secondary N) is 1. The molecule has 0 fully saturated rings. The zero-order chi connectivity index (χ0) is 15.5. The summed E-state index contributed by atoms with van der Waals surface area (Å²) in [5, 5.41) is 5.02. The minimum absolute atomic E-state index is 0.142. The number of halogens is 2. The molecule has 0 aliphatic heterocycles. The fraction of sp³-hybridized carbons (Fsp3) is 0. The number of thiazole rings is 1. The molecule has 1 amide bonds. The van der Waals surface area contributed by atoms with Gasteiger partial charge in [-0.1, -0.05) is 11.6 Å². The molecule has 0 spiro atoms. The van der Waals surface area contributed by atoms with Crippen LogP contribution in [0.25, 0.3) is 11.3 Å². The van der Waals surface area contributed by atoms with E-state index < -0.39 is 11.7 Å². The predicted molar refractivity (Wildman–Crippen MR) is 84.7 cm³/mol. The molecule has 0 aliphatic rings. The number of aromatic nitrogens is 2. The van der Waals surface area contributed by atoms with Gasteiger partial charge in [-0.25, -0.2) is 9.37 Å². The molecule has 0 radical (unpaired) electrons. The highest BCUT2D eigenvalue weighted by molar-refractivity contribution is 7.14. The summed E-state index contributed by atoms with van der Waals surface area (Å²) in [4.78, 5) is 20.4. The Morgan fingerprint density at radius 2 is 2.18 bits per heavy atom. The Morgan fingerprint density at radius 3 is 2.91 bits per heavy atom. The van der Waals surface area contributed by atoms with E-state index in [1.807, 2.05) is 17.5 Å². The molecular formula is C15H9ClFN3OS. The molecule has 110 valence electrons. The monoisotopic (exact) mass is 333 g/mol. The van der Waals surface area contributed by atoms with Crippen LogP contribution in [0.4, 0.5) is 9.52 Å². The van der Waals surface area contributed by atoms with Gasteiger partial charge in [0.1, 0.15) is 5.82 Å². The highest BCUT2D eigenvalue weighted by Crippen LogP contribution is 2.24. The molecule has 4 nitrogen and oxygen atoms in total. The molecular weight excluding hydrogens is 325 g/mol. The summed E-state index contributed by atoms with van der Waals surface area (Å²) in [5.41, 5.74) is 1.71. The molecule has 0 saturated carbocycles. The second-order valence-corrected chi connectivity index (χ2v) is 5.69. The maximum Gasteiger partial charge on any atom is 0.257 e. The predicted octanol–water partition coefficient (Wildman–Crippen LogP) is 4.25. The number of hydrogen-bond acceptors (Lipinski definition) is 4. The van der Waals surface area contributed by atoms with E-state index in [0.717, 1.165) is 17.7 Å². The number of benzene rings is 1. The van der Waals surface area contributed by atoms with Gasteiger partial charge in [0.25, 0.3) is 5.91 Å². The van der Waals surface area contributed by atoms with E-state index in [-0.39, 0.29) is 10.6 Å². The first kappa shape index (κ1) is 14.6. The van der Waals surface area contributed by atoms with E-state index in [2.05, 4.69) is 15.3 Å². The van der Waals surface area contributed by atoms with Gasteiger partial charge in [-0.15, -0.1) is 11.3 Å². The quantitative estimate of drug-likeness (QED) is 0.779. The molecule has 7 heteroatoms. The number of rotatable bonds is 3.